The molecule has 0 radical (unpaired) electrons. The molecule has 0 saturated carbocycles. The summed E-state index contributed by atoms with van der Waals surface area (Å²) in [5, 5.41) is 7.29. The van der Waals surface area contributed by atoms with E-state index in [0.29, 0.717) is 35.5 Å². The van der Waals surface area contributed by atoms with Gasteiger partial charge in [0, 0.05) is 23.2 Å². The van der Waals surface area contributed by atoms with Gasteiger partial charge in [-0.25, -0.2) is 4.98 Å². The summed E-state index contributed by atoms with van der Waals surface area (Å²) in [7, 11) is 0. The largest absolute Gasteiger partial charge is 0.444 e. The van der Waals surface area contributed by atoms with Crippen LogP contribution in [0.15, 0.2) is 58.2 Å². The number of rotatable bonds is 3. The molecule has 6 nitrogen and oxygen atoms in total. The monoisotopic (exact) mass is 486 g/mol. The van der Waals surface area contributed by atoms with E-state index in [1.165, 1.54) is 18.5 Å². The zero-order valence-electron chi connectivity index (χ0n) is 17.9. The lowest BCUT2D eigenvalue weighted by molar-refractivity contribution is -0.137. The molecule has 0 unspecified atom stereocenters. The fourth-order valence-corrected chi connectivity index (χ4v) is 4.48. The Labute approximate surface area is 197 Å². The van der Waals surface area contributed by atoms with E-state index in [0.717, 1.165) is 28.3 Å². The molecule has 10 heteroatoms. The number of alkyl halides is 3. The van der Waals surface area contributed by atoms with Crippen molar-refractivity contribution in [1.82, 2.24) is 14.8 Å². The number of nitrogens with one attached hydrogen (secondary N) is 1. The van der Waals surface area contributed by atoms with Crippen molar-refractivity contribution in [2.45, 2.75) is 25.9 Å². The standard InChI is InChI=1S/C24H18ClF3N4O2/c1-13-8-14(19-11-29-12-34-19)10-15(9-13)20-16-4-3-7-30-21(16)23(33)32(31-20)22-17(24(26,27)28)5-2-6-18(22)25/h2,5-6,8-12,30H,3-4,7H2,1H3. The highest BCUT2D eigenvalue weighted by molar-refractivity contribution is 6.32. The molecule has 0 bridgehead atoms. The molecule has 0 saturated heterocycles. The van der Waals surface area contributed by atoms with Gasteiger partial charge in [0.15, 0.2) is 12.2 Å². The Hall–Kier alpha value is -3.59. The van der Waals surface area contributed by atoms with Crippen LogP contribution in [-0.4, -0.2) is 21.3 Å². The average Bonchev–Trinajstić information content (AvgIpc) is 3.34. The summed E-state index contributed by atoms with van der Waals surface area (Å²) in [4.78, 5) is 17.3. The number of aromatic nitrogens is 3. The van der Waals surface area contributed by atoms with Crippen molar-refractivity contribution in [2.75, 3.05) is 11.9 Å². The maximum atomic E-state index is 13.8. The maximum Gasteiger partial charge on any atom is 0.418 e. The molecule has 1 aliphatic rings. The molecule has 0 fully saturated rings. The van der Waals surface area contributed by atoms with Gasteiger partial charge in [0.05, 0.1) is 28.2 Å². The number of hydrogen-bond acceptors (Lipinski definition) is 5. The molecular formula is C24H18ClF3N4O2. The Bertz CT molecular complexity index is 1450. The van der Waals surface area contributed by atoms with Crippen LogP contribution < -0.4 is 10.9 Å². The lowest BCUT2D eigenvalue weighted by Crippen LogP contribution is -2.31. The molecule has 174 valence electrons. The number of para-hydroxylation sites is 1. The Morgan fingerprint density at radius 2 is 1.97 bits per heavy atom. The molecule has 34 heavy (non-hydrogen) atoms. The van der Waals surface area contributed by atoms with E-state index in [4.69, 9.17) is 16.0 Å². The normalized spacial score (nSPS) is 13.4. The van der Waals surface area contributed by atoms with Crippen LogP contribution in [0.4, 0.5) is 18.9 Å². The van der Waals surface area contributed by atoms with Crippen molar-refractivity contribution in [1.29, 1.82) is 0 Å². The van der Waals surface area contributed by atoms with E-state index < -0.39 is 23.0 Å². The molecule has 0 atom stereocenters. The van der Waals surface area contributed by atoms with Gasteiger partial charge < -0.3 is 9.73 Å². The predicted octanol–water partition coefficient (Wildman–Crippen LogP) is 5.89. The van der Waals surface area contributed by atoms with Crippen LogP contribution in [0.5, 0.6) is 0 Å². The number of anilines is 1. The second-order valence-electron chi connectivity index (χ2n) is 8.04. The number of aryl methyl sites for hydroxylation is 1. The second-order valence-corrected chi connectivity index (χ2v) is 8.44. The molecule has 4 aromatic rings. The molecule has 0 aliphatic carbocycles. The SMILES string of the molecule is Cc1cc(-c2cnco2)cc(-c2nn(-c3c(Cl)cccc3C(F)(F)F)c(=O)c3c2CCCN3)c1. The number of fused-ring (bicyclic) bond motifs is 1. The van der Waals surface area contributed by atoms with Crippen molar-refractivity contribution < 1.29 is 17.6 Å². The summed E-state index contributed by atoms with van der Waals surface area (Å²) in [6.07, 6.45) is -0.526. The first-order valence-corrected chi connectivity index (χ1v) is 10.9. The topological polar surface area (TPSA) is 73.0 Å². The first-order chi connectivity index (χ1) is 16.2. The minimum atomic E-state index is -4.73. The van der Waals surface area contributed by atoms with Crippen molar-refractivity contribution in [2.24, 2.45) is 0 Å². The van der Waals surface area contributed by atoms with Crippen molar-refractivity contribution in [3.63, 3.8) is 0 Å². The number of benzene rings is 2. The summed E-state index contributed by atoms with van der Waals surface area (Å²) in [6, 6.07) is 8.97. The number of oxazole rings is 1. The minimum Gasteiger partial charge on any atom is -0.444 e. The molecular weight excluding hydrogens is 469 g/mol. The average molecular weight is 487 g/mol. The van der Waals surface area contributed by atoms with Crippen LogP contribution in [0.1, 0.15) is 23.1 Å². The van der Waals surface area contributed by atoms with E-state index in [2.05, 4.69) is 15.4 Å². The molecule has 1 aliphatic heterocycles. The fourth-order valence-electron chi connectivity index (χ4n) is 4.23. The van der Waals surface area contributed by atoms with E-state index in [9.17, 15) is 18.0 Å². The quantitative estimate of drug-likeness (QED) is 0.390. The fraction of sp³-hybridized carbons (Fsp3) is 0.208. The highest BCUT2D eigenvalue weighted by atomic mass is 35.5. The third kappa shape index (κ3) is 3.86. The van der Waals surface area contributed by atoms with Crippen LogP contribution in [0.25, 0.3) is 28.3 Å². The van der Waals surface area contributed by atoms with Gasteiger partial charge in [0.25, 0.3) is 5.56 Å². The number of hydrogen-bond donors (Lipinski definition) is 1. The Balaban J connectivity index is 1.81. The molecule has 0 spiro atoms. The van der Waals surface area contributed by atoms with Gasteiger partial charge >= 0.3 is 6.18 Å². The van der Waals surface area contributed by atoms with Crippen LogP contribution >= 0.6 is 11.6 Å². The van der Waals surface area contributed by atoms with Crippen LogP contribution in [-0.2, 0) is 12.6 Å². The smallest absolute Gasteiger partial charge is 0.418 e. The molecule has 1 N–H and O–H groups in total. The summed E-state index contributed by atoms with van der Waals surface area (Å²) in [6.45, 7) is 2.41. The number of halogens is 4. The van der Waals surface area contributed by atoms with Gasteiger partial charge in [-0.05, 0) is 55.7 Å². The molecule has 2 aromatic carbocycles. The zero-order valence-corrected chi connectivity index (χ0v) is 18.7. The molecule has 3 heterocycles. The van der Waals surface area contributed by atoms with Crippen molar-refractivity contribution in [3.05, 3.63) is 81.1 Å². The summed E-state index contributed by atoms with van der Waals surface area (Å²) < 4.78 is 47.7. The van der Waals surface area contributed by atoms with Crippen LogP contribution in [0, 0.1) is 6.92 Å². The van der Waals surface area contributed by atoms with Gasteiger partial charge in [0.1, 0.15) is 5.69 Å². The third-order valence-corrected chi connectivity index (χ3v) is 5.98. The lowest BCUT2D eigenvalue weighted by atomic mass is 9.96. The molecule has 5 rings (SSSR count). The third-order valence-electron chi connectivity index (χ3n) is 5.67. The van der Waals surface area contributed by atoms with Gasteiger partial charge in [-0.1, -0.05) is 17.7 Å². The van der Waals surface area contributed by atoms with E-state index in [-0.39, 0.29) is 10.7 Å². The summed E-state index contributed by atoms with van der Waals surface area (Å²) >= 11 is 6.20. The Kier molecular flexibility index (Phi) is 5.44. The van der Waals surface area contributed by atoms with Crippen molar-refractivity contribution in [3.8, 4) is 28.3 Å². The maximum absolute atomic E-state index is 13.8. The van der Waals surface area contributed by atoms with Crippen molar-refractivity contribution >= 4 is 17.3 Å². The van der Waals surface area contributed by atoms with Gasteiger partial charge in [-0.2, -0.15) is 23.0 Å². The Morgan fingerprint density at radius 3 is 2.71 bits per heavy atom. The first-order valence-electron chi connectivity index (χ1n) is 10.5. The van der Waals surface area contributed by atoms with E-state index >= 15 is 0 Å². The van der Waals surface area contributed by atoms with Gasteiger partial charge in [-0.15, -0.1) is 0 Å². The highest BCUT2D eigenvalue weighted by Gasteiger charge is 2.36. The van der Waals surface area contributed by atoms with Gasteiger partial charge in [0.2, 0.25) is 0 Å². The summed E-state index contributed by atoms with van der Waals surface area (Å²) in [5.41, 5.74) is 1.33. The highest BCUT2D eigenvalue weighted by Crippen LogP contribution is 2.38. The summed E-state index contributed by atoms with van der Waals surface area (Å²) in [5.74, 6) is 0.538. The zero-order chi connectivity index (χ0) is 24.0. The van der Waals surface area contributed by atoms with Crippen LogP contribution in [0.2, 0.25) is 5.02 Å². The minimum absolute atomic E-state index is 0.224. The second kappa shape index (κ2) is 8.32. The number of nitrogens with zero attached hydrogens (tertiary/aromatic N) is 3. The Morgan fingerprint density at radius 1 is 1.18 bits per heavy atom. The van der Waals surface area contributed by atoms with E-state index in [1.54, 1.807) is 6.20 Å². The predicted molar refractivity (Wildman–Crippen MR) is 122 cm³/mol. The van der Waals surface area contributed by atoms with Crippen LogP contribution in [0.3, 0.4) is 0 Å². The van der Waals surface area contributed by atoms with Gasteiger partial charge in [-0.3, -0.25) is 4.79 Å². The van der Waals surface area contributed by atoms with E-state index in [1.807, 2.05) is 25.1 Å². The first kappa shape index (κ1) is 22.2. The molecule has 0 amide bonds. The lowest BCUT2D eigenvalue weighted by Gasteiger charge is -2.23. The molecule has 2 aromatic heterocycles.